The normalized spacial score (nSPS) is 12.9. The Morgan fingerprint density at radius 2 is 0.615 bits per heavy atom. The summed E-state index contributed by atoms with van der Waals surface area (Å²) in [5, 5.41) is 43.0. The minimum Gasteiger partial charge on any atom is -0.408 e. The van der Waals surface area contributed by atoms with E-state index in [1.54, 1.807) is 0 Å². The summed E-state index contributed by atoms with van der Waals surface area (Å²) in [6.45, 7) is 0. The van der Waals surface area contributed by atoms with E-state index in [-0.39, 0.29) is 46.8 Å². The van der Waals surface area contributed by atoms with Gasteiger partial charge in [0.2, 0.25) is 0 Å². The molecule has 0 aromatic carbocycles. The highest BCUT2D eigenvalue weighted by atomic mass is 16.6. The van der Waals surface area contributed by atoms with Crippen LogP contribution in [0.25, 0.3) is 0 Å². The van der Waals surface area contributed by atoms with Gasteiger partial charge >= 0.3 is 23.5 Å². The maximum atomic E-state index is 5.31. The van der Waals surface area contributed by atoms with Crippen LogP contribution in [0.15, 0.2) is 39.0 Å². The van der Waals surface area contributed by atoms with Crippen LogP contribution in [0.4, 0.5) is 23.3 Å². The van der Waals surface area contributed by atoms with Crippen LogP contribution in [-0.2, 0) is 0 Å². The van der Waals surface area contributed by atoms with Crippen LogP contribution in [0.3, 0.4) is 0 Å². The maximum Gasteiger partial charge on any atom is 0.311 e. The van der Waals surface area contributed by atoms with E-state index in [1.165, 1.54) is 0 Å². The molecule has 0 aliphatic carbocycles. The van der Waals surface area contributed by atoms with Gasteiger partial charge in [0.1, 0.15) is 0 Å². The Morgan fingerprint density at radius 3 is 0.885 bits per heavy atom. The van der Waals surface area contributed by atoms with E-state index in [0.717, 1.165) is 0 Å². The lowest BCUT2D eigenvalue weighted by molar-refractivity contribution is 0.272. The Balaban J connectivity index is 1.65. The topological polar surface area (TPSA) is 224 Å². The zero-order chi connectivity index (χ0) is 17.3. The molecule has 0 N–H and O–H groups in total. The van der Waals surface area contributed by atoms with Crippen molar-refractivity contribution in [2.24, 2.45) is 20.5 Å². The van der Waals surface area contributed by atoms with Crippen molar-refractivity contribution in [1.82, 2.24) is 41.3 Å². The largest absolute Gasteiger partial charge is 0.408 e. The standard InChI is InChI=1S/C8N12O6/c9-1-5(17-23-13-1)21-6-3(15-25-18-6)11-12-4-8(20-26-16-4)22-7-2(10-9)14-24-19-7. The van der Waals surface area contributed by atoms with Crippen molar-refractivity contribution >= 4 is 23.3 Å². The van der Waals surface area contributed by atoms with E-state index in [9.17, 15) is 0 Å². The van der Waals surface area contributed by atoms with Gasteiger partial charge in [0.25, 0.3) is 23.3 Å². The molecular formula is C8N12O6. The highest BCUT2D eigenvalue weighted by Gasteiger charge is 2.23. The second-order valence-electron chi connectivity index (χ2n) is 4.18. The number of hydrogen-bond acceptors (Lipinski definition) is 18. The molecule has 4 aromatic heterocycles. The fourth-order valence-corrected chi connectivity index (χ4v) is 1.58. The van der Waals surface area contributed by atoms with Crippen LogP contribution in [0.2, 0.25) is 0 Å². The van der Waals surface area contributed by atoms with Crippen molar-refractivity contribution in [2.45, 2.75) is 0 Å². The van der Waals surface area contributed by atoms with Crippen molar-refractivity contribution in [3.05, 3.63) is 0 Å². The van der Waals surface area contributed by atoms with Crippen LogP contribution in [0.5, 0.6) is 23.5 Å². The number of hydrogen-bond donors (Lipinski definition) is 0. The minimum absolute atomic E-state index is 0.161. The predicted octanol–water partition coefficient (Wildman–Crippen LogP) is 1.95. The molecule has 0 atom stereocenters. The monoisotopic (exact) mass is 360 g/mol. The van der Waals surface area contributed by atoms with Crippen LogP contribution < -0.4 is 9.47 Å². The summed E-state index contributed by atoms with van der Waals surface area (Å²) in [4.78, 5) is 0. The first-order chi connectivity index (χ1) is 12.9. The van der Waals surface area contributed by atoms with Crippen LogP contribution >= 0.6 is 0 Å². The first kappa shape index (κ1) is 13.8. The van der Waals surface area contributed by atoms with E-state index in [0.29, 0.717) is 0 Å². The van der Waals surface area contributed by atoms with Crippen molar-refractivity contribution in [2.75, 3.05) is 0 Å². The quantitative estimate of drug-likeness (QED) is 0.384. The summed E-state index contributed by atoms with van der Waals surface area (Å²) in [5.41, 5.74) is 0. The van der Waals surface area contributed by atoms with Gasteiger partial charge in [-0.15, -0.1) is 20.5 Å². The molecule has 1 aliphatic heterocycles. The SMILES string of the molecule is N1=Nc2nonc2Oc2nonc2N=Nc2nonc2Oc2nonc21. The lowest BCUT2D eigenvalue weighted by Gasteiger charge is -1.97. The second-order valence-corrected chi connectivity index (χ2v) is 4.18. The molecule has 26 heavy (non-hydrogen) atoms. The predicted molar refractivity (Wildman–Crippen MR) is 65.7 cm³/mol. The fourth-order valence-electron chi connectivity index (χ4n) is 1.58. The van der Waals surface area contributed by atoms with Gasteiger partial charge in [0, 0.05) is 0 Å². The molecule has 0 bridgehead atoms. The fraction of sp³-hybridized carbons (Fsp3) is 0. The Morgan fingerprint density at radius 1 is 0.346 bits per heavy atom. The van der Waals surface area contributed by atoms with Crippen molar-refractivity contribution in [1.29, 1.82) is 0 Å². The third-order valence-electron chi connectivity index (χ3n) is 2.63. The van der Waals surface area contributed by atoms with Crippen molar-refractivity contribution in [3.63, 3.8) is 0 Å². The van der Waals surface area contributed by atoms with Gasteiger partial charge in [-0.25, -0.2) is 18.5 Å². The van der Waals surface area contributed by atoms with Gasteiger partial charge in [-0.05, 0) is 41.3 Å². The second kappa shape index (κ2) is 5.47. The average molecular weight is 360 g/mol. The number of rotatable bonds is 0. The molecule has 0 unspecified atom stereocenters. The zero-order valence-electron chi connectivity index (χ0n) is 11.8. The first-order valence-corrected chi connectivity index (χ1v) is 6.36. The third kappa shape index (κ3) is 2.29. The Bertz CT molecular complexity index is 947. The minimum atomic E-state index is -0.208. The lowest BCUT2D eigenvalue weighted by atomic mass is 10.6. The molecule has 1 aliphatic rings. The van der Waals surface area contributed by atoms with Crippen LogP contribution in [-0.4, -0.2) is 41.3 Å². The summed E-state index contributed by atoms with van der Waals surface area (Å²) in [6, 6.07) is 0. The summed E-state index contributed by atoms with van der Waals surface area (Å²) in [5.74, 6) is -1.48. The van der Waals surface area contributed by atoms with E-state index in [4.69, 9.17) is 9.47 Å². The van der Waals surface area contributed by atoms with Gasteiger partial charge in [-0.3, -0.25) is 0 Å². The van der Waals surface area contributed by atoms with Gasteiger partial charge in [-0.2, -0.15) is 0 Å². The zero-order valence-corrected chi connectivity index (χ0v) is 11.8. The molecule has 18 nitrogen and oxygen atoms in total. The number of ether oxygens (including phenoxy) is 2. The highest BCUT2D eigenvalue weighted by Crippen LogP contribution is 2.37. The molecule has 0 amide bonds. The molecule has 0 radical (unpaired) electrons. The number of aromatic nitrogens is 8. The smallest absolute Gasteiger partial charge is 0.311 e. The Kier molecular flexibility index (Phi) is 2.90. The number of fused-ring (bicyclic) bond motifs is 4. The summed E-state index contributed by atoms with van der Waals surface area (Å²) >= 11 is 0. The Labute approximate surface area is 137 Å². The molecule has 18 heteroatoms. The van der Waals surface area contributed by atoms with Gasteiger partial charge in [-0.1, -0.05) is 0 Å². The Hall–Kier alpha value is -4.64. The molecule has 0 saturated heterocycles. The van der Waals surface area contributed by atoms with Gasteiger partial charge in [0.15, 0.2) is 0 Å². The van der Waals surface area contributed by atoms with Crippen LogP contribution in [0, 0.1) is 0 Å². The van der Waals surface area contributed by atoms with E-state index >= 15 is 0 Å². The molecule has 4 aromatic rings. The van der Waals surface area contributed by atoms with Crippen LogP contribution in [0.1, 0.15) is 0 Å². The van der Waals surface area contributed by atoms with Gasteiger partial charge in [0.05, 0.1) is 0 Å². The highest BCUT2D eigenvalue weighted by molar-refractivity contribution is 5.47. The average Bonchev–Trinajstić information content (AvgIpc) is 3.41. The molecule has 128 valence electrons. The summed E-state index contributed by atoms with van der Waals surface area (Å²) in [6.07, 6.45) is 0. The molecule has 5 rings (SSSR count). The van der Waals surface area contributed by atoms with E-state index in [1.807, 2.05) is 0 Å². The number of nitrogens with zero attached hydrogens (tertiary/aromatic N) is 12. The van der Waals surface area contributed by atoms with E-state index < -0.39 is 0 Å². The molecule has 0 fully saturated rings. The molecular weight excluding hydrogens is 360 g/mol. The maximum absolute atomic E-state index is 5.31. The van der Waals surface area contributed by atoms with E-state index in [2.05, 4.69) is 80.2 Å². The summed E-state index contributed by atoms with van der Waals surface area (Å²) < 4.78 is 28.8. The van der Waals surface area contributed by atoms with Crippen molar-refractivity contribution < 1.29 is 28.0 Å². The third-order valence-corrected chi connectivity index (χ3v) is 2.63. The lowest BCUT2D eigenvalue weighted by Crippen LogP contribution is -1.87. The first-order valence-electron chi connectivity index (χ1n) is 6.36. The summed E-state index contributed by atoms with van der Waals surface area (Å²) in [7, 11) is 0. The van der Waals surface area contributed by atoms with Crippen molar-refractivity contribution in [3.8, 4) is 23.5 Å². The van der Waals surface area contributed by atoms with Gasteiger partial charge < -0.3 is 9.47 Å². The molecule has 0 saturated carbocycles. The molecule has 5 heterocycles. The molecule has 0 spiro atoms. The number of azo groups is 2.